The molecule has 204 valence electrons. The number of ether oxygens (including phenoxy) is 2. The van der Waals surface area contributed by atoms with E-state index < -0.39 is 35.8 Å². The number of anilines is 1. The number of rotatable bonds is 8. The van der Waals surface area contributed by atoms with Gasteiger partial charge in [-0.1, -0.05) is 18.2 Å². The van der Waals surface area contributed by atoms with Crippen molar-refractivity contribution in [1.82, 2.24) is 15.3 Å². The van der Waals surface area contributed by atoms with Crippen LogP contribution in [-0.2, 0) is 23.1 Å². The summed E-state index contributed by atoms with van der Waals surface area (Å²) in [7, 11) is 1.27. The molecule has 0 bridgehead atoms. The van der Waals surface area contributed by atoms with Crippen LogP contribution >= 0.6 is 0 Å². The molecule has 39 heavy (non-hydrogen) atoms. The summed E-state index contributed by atoms with van der Waals surface area (Å²) in [6, 6.07) is 12.0. The minimum absolute atomic E-state index is 0.0997. The highest BCUT2D eigenvalue weighted by atomic mass is 19.4. The Hall–Kier alpha value is -4.22. The highest BCUT2D eigenvalue weighted by Gasteiger charge is 2.47. The number of carbonyl (C=O) groups excluding carboxylic acids is 2. The van der Waals surface area contributed by atoms with Crippen molar-refractivity contribution in [3.8, 4) is 5.88 Å². The van der Waals surface area contributed by atoms with Crippen LogP contribution < -0.4 is 15.0 Å². The minimum Gasteiger partial charge on any atom is -0.471 e. The molecule has 3 aromatic rings. The van der Waals surface area contributed by atoms with Crippen molar-refractivity contribution >= 4 is 17.7 Å². The molecule has 1 aliphatic heterocycles. The van der Waals surface area contributed by atoms with E-state index in [1.54, 1.807) is 41.3 Å². The zero-order chi connectivity index (χ0) is 27.8. The van der Waals surface area contributed by atoms with E-state index in [9.17, 15) is 27.2 Å². The predicted molar refractivity (Wildman–Crippen MR) is 131 cm³/mol. The zero-order valence-electron chi connectivity index (χ0n) is 20.8. The van der Waals surface area contributed by atoms with Gasteiger partial charge in [-0.3, -0.25) is 4.79 Å². The number of carbonyl (C=O) groups is 2. The highest BCUT2D eigenvalue weighted by molar-refractivity contribution is 6.00. The van der Waals surface area contributed by atoms with Crippen molar-refractivity contribution in [1.29, 1.82) is 0 Å². The van der Waals surface area contributed by atoms with E-state index in [0.29, 0.717) is 24.6 Å². The molecule has 1 saturated carbocycles. The number of nitrogens with zero attached hydrogens (tertiary/aromatic N) is 3. The number of benzene rings is 1. The second kappa shape index (κ2) is 10.2. The topological polar surface area (TPSA) is 93.6 Å². The lowest BCUT2D eigenvalue weighted by Gasteiger charge is -2.40. The minimum atomic E-state index is -4.69. The van der Waals surface area contributed by atoms with Gasteiger partial charge in [-0.2, -0.15) is 13.2 Å². The molecule has 1 aromatic carbocycles. The number of esters is 1. The number of amides is 1. The summed E-state index contributed by atoms with van der Waals surface area (Å²) in [6.07, 6.45) is -3.18. The molecule has 2 aliphatic rings. The third kappa shape index (κ3) is 5.50. The van der Waals surface area contributed by atoms with Gasteiger partial charge in [0.25, 0.3) is 5.91 Å². The highest BCUT2D eigenvalue weighted by Crippen LogP contribution is 2.46. The summed E-state index contributed by atoms with van der Waals surface area (Å²) in [5, 5.41) is 2.88. The van der Waals surface area contributed by atoms with Crippen molar-refractivity contribution in [3.05, 3.63) is 82.7 Å². The van der Waals surface area contributed by atoms with Crippen molar-refractivity contribution < 1.29 is 36.6 Å². The van der Waals surface area contributed by atoms with Gasteiger partial charge in [-0.15, -0.1) is 0 Å². The third-order valence-corrected chi connectivity index (χ3v) is 6.75. The van der Waals surface area contributed by atoms with E-state index >= 15 is 0 Å². The van der Waals surface area contributed by atoms with Crippen LogP contribution in [0.4, 0.5) is 23.4 Å². The lowest BCUT2D eigenvalue weighted by atomic mass is 10.0. The molecule has 0 unspecified atom stereocenters. The summed E-state index contributed by atoms with van der Waals surface area (Å²) in [5.41, 5.74) is -0.715. The number of hydrogen-bond donors (Lipinski definition) is 1. The van der Waals surface area contributed by atoms with Crippen LogP contribution in [-0.4, -0.2) is 48.1 Å². The number of nitrogens with one attached hydrogen (secondary N) is 1. The summed E-state index contributed by atoms with van der Waals surface area (Å²) in [4.78, 5) is 34.8. The van der Waals surface area contributed by atoms with Gasteiger partial charge < -0.3 is 19.7 Å². The molecule has 8 nitrogen and oxygen atoms in total. The Bertz CT molecular complexity index is 1390. The Morgan fingerprint density at radius 1 is 1.13 bits per heavy atom. The van der Waals surface area contributed by atoms with Gasteiger partial charge >= 0.3 is 12.1 Å². The average Bonchev–Trinajstić information content (AvgIpc) is 3.70. The van der Waals surface area contributed by atoms with Gasteiger partial charge in [0.2, 0.25) is 5.88 Å². The second-order valence-corrected chi connectivity index (χ2v) is 9.44. The van der Waals surface area contributed by atoms with Crippen molar-refractivity contribution in [2.45, 2.75) is 37.3 Å². The van der Waals surface area contributed by atoms with Gasteiger partial charge in [0.1, 0.15) is 18.6 Å². The van der Waals surface area contributed by atoms with Gasteiger partial charge in [-0.05, 0) is 42.7 Å². The normalized spacial score (nSPS) is 16.3. The fourth-order valence-corrected chi connectivity index (χ4v) is 4.42. The number of halogens is 4. The Balaban J connectivity index is 1.34. The molecular formula is C27H24F4N4O4. The molecule has 1 saturated heterocycles. The molecule has 0 radical (unpaired) electrons. The molecule has 2 aromatic heterocycles. The number of alkyl halides is 4. The van der Waals surface area contributed by atoms with E-state index in [1.165, 1.54) is 13.2 Å². The number of methoxy groups -OCH3 is 1. The summed E-state index contributed by atoms with van der Waals surface area (Å²) in [5.74, 6) is -0.859. The van der Waals surface area contributed by atoms with Gasteiger partial charge in [0.05, 0.1) is 48.1 Å². The van der Waals surface area contributed by atoms with E-state index in [-0.39, 0.29) is 42.1 Å². The summed E-state index contributed by atoms with van der Waals surface area (Å²) < 4.78 is 63.8. The monoisotopic (exact) mass is 544 g/mol. The molecule has 2 fully saturated rings. The van der Waals surface area contributed by atoms with E-state index in [0.717, 1.165) is 11.6 Å². The second-order valence-electron chi connectivity index (χ2n) is 9.44. The number of pyridine rings is 2. The Morgan fingerprint density at radius 3 is 2.46 bits per heavy atom. The molecular weight excluding hydrogens is 520 g/mol. The first-order valence-electron chi connectivity index (χ1n) is 12.1. The fraction of sp³-hybridized carbons (Fsp3) is 0.333. The quantitative estimate of drug-likeness (QED) is 0.331. The molecule has 0 spiro atoms. The Kier molecular flexibility index (Phi) is 6.87. The smallest absolute Gasteiger partial charge is 0.417 e. The number of hydrogen-bond acceptors (Lipinski definition) is 7. The molecule has 12 heteroatoms. The van der Waals surface area contributed by atoms with Gasteiger partial charge in [-0.25, -0.2) is 19.2 Å². The molecule has 5 rings (SSSR count). The summed E-state index contributed by atoms with van der Waals surface area (Å²) in [6.45, 7) is -0.237. The van der Waals surface area contributed by atoms with Crippen LogP contribution in [0.5, 0.6) is 5.88 Å². The Labute approximate surface area is 221 Å². The molecule has 3 heterocycles. The third-order valence-electron chi connectivity index (χ3n) is 6.75. The van der Waals surface area contributed by atoms with Gasteiger partial charge in [0, 0.05) is 12.3 Å². The van der Waals surface area contributed by atoms with E-state index in [4.69, 9.17) is 9.47 Å². The first-order chi connectivity index (χ1) is 18.6. The predicted octanol–water partition coefficient (Wildman–Crippen LogP) is 4.44. The summed E-state index contributed by atoms with van der Waals surface area (Å²) >= 11 is 0. The SMILES string of the molecule is COC(=O)c1ccc(C2(NC(=O)c3cc(C(F)(F)F)cnc3N3CC(Oc4cccc(CF)n4)C3)CC2)cc1. The van der Waals surface area contributed by atoms with Gasteiger partial charge in [0.15, 0.2) is 0 Å². The van der Waals surface area contributed by atoms with E-state index in [1.807, 2.05) is 0 Å². The zero-order valence-corrected chi connectivity index (χ0v) is 20.8. The maximum absolute atomic E-state index is 13.5. The van der Waals surface area contributed by atoms with Crippen LogP contribution in [0.3, 0.4) is 0 Å². The van der Waals surface area contributed by atoms with Crippen LogP contribution in [0.2, 0.25) is 0 Å². The Morgan fingerprint density at radius 2 is 1.85 bits per heavy atom. The maximum Gasteiger partial charge on any atom is 0.417 e. The van der Waals surface area contributed by atoms with Crippen LogP contribution in [0.15, 0.2) is 54.7 Å². The largest absolute Gasteiger partial charge is 0.471 e. The number of aromatic nitrogens is 2. The fourth-order valence-electron chi connectivity index (χ4n) is 4.42. The van der Waals surface area contributed by atoms with Crippen molar-refractivity contribution in [2.75, 3.05) is 25.1 Å². The average molecular weight is 545 g/mol. The van der Waals surface area contributed by atoms with Crippen LogP contribution in [0.25, 0.3) is 0 Å². The lowest BCUT2D eigenvalue weighted by Crippen LogP contribution is -2.55. The molecule has 0 atom stereocenters. The first-order valence-corrected chi connectivity index (χ1v) is 12.1. The maximum atomic E-state index is 13.5. The van der Waals surface area contributed by atoms with Crippen molar-refractivity contribution in [2.24, 2.45) is 0 Å². The molecule has 1 amide bonds. The standard InChI is InChI=1S/C27H24F4N4O4/c1-38-25(37)16-5-7-17(8-6-16)26(9-10-26)34-24(36)21-11-18(27(29,30)31)13-32-23(21)35-14-20(15-35)39-22-4-2-3-19(12-28)33-22/h2-8,11,13,20H,9-10,12,14-15H2,1H3,(H,34,36). The van der Waals surface area contributed by atoms with Crippen LogP contribution in [0.1, 0.15) is 50.4 Å². The molecule has 1 aliphatic carbocycles. The van der Waals surface area contributed by atoms with E-state index in [2.05, 4.69) is 15.3 Å². The van der Waals surface area contributed by atoms with Crippen LogP contribution in [0, 0.1) is 0 Å². The molecule has 1 N–H and O–H groups in total. The lowest BCUT2D eigenvalue weighted by molar-refractivity contribution is -0.137. The first kappa shape index (κ1) is 26.4. The van der Waals surface area contributed by atoms with Crippen molar-refractivity contribution in [3.63, 3.8) is 0 Å².